The summed E-state index contributed by atoms with van der Waals surface area (Å²) in [6, 6.07) is 3.26. The molecular formula is C21H26N6O3. The Labute approximate surface area is 175 Å². The Hall–Kier alpha value is -3.36. The number of ether oxygens (including phenoxy) is 1. The number of fused-ring (bicyclic) bond motifs is 2. The maximum absolute atomic E-state index is 12.8. The van der Waals surface area contributed by atoms with Crippen molar-refractivity contribution >= 4 is 35.0 Å². The number of anilines is 4. The first-order chi connectivity index (χ1) is 14.3. The largest absolute Gasteiger partial charge is 0.491 e. The number of aromatic nitrogens is 2. The first-order valence-corrected chi connectivity index (χ1v) is 10.1. The van der Waals surface area contributed by atoms with Crippen LogP contribution < -0.4 is 25.6 Å². The number of likely N-dealkylation sites (N-methyl/N-ethyl adjacent to an activating group) is 1. The normalized spacial score (nSPS) is 17.6. The zero-order chi connectivity index (χ0) is 21.6. The van der Waals surface area contributed by atoms with Crippen molar-refractivity contribution in [1.29, 1.82) is 0 Å². The summed E-state index contributed by atoms with van der Waals surface area (Å²) < 4.78 is 5.74. The number of amides is 2. The molecule has 30 heavy (non-hydrogen) atoms. The van der Waals surface area contributed by atoms with Crippen molar-refractivity contribution in [3.63, 3.8) is 0 Å². The van der Waals surface area contributed by atoms with Gasteiger partial charge in [-0.2, -0.15) is 4.98 Å². The highest BCUT2D eigenvalue weighted by molar-refractivity contribution is 6.04. The summed E-state index contributed by atoms with van der Waals surface area (Å²) >= 11 is 0. The van der Waals surface area contributed by atoms with Crippen molar-refractivity contribution in [2.45, 2.75) is 45.7 Å². The van der Waals surface area contributed by atoms with Crippen molar-refractivity contribution in [1.82, 2.24) is 9.97 Å². The first kappa shape index (κ1) is 19.9. The number of nitrogens with zero attached hydrogens (tertiary/aromatic N) is 4. The van der Waals surface area contributed by atoms with E-state index in [0.717, 1.165) is 5.56 Å². The lowest BCUT2D eigenvalue weighted by molar-refractivity contribution is -0.120. The van der Waals surface area contributed by atoms with Gasteiger partial charge in [0.1, 0.15) is 17.5 Å². The van der Waals surface area contributed by atoms with Crippen LogP contribution in [-0.4, -0.2) is 47.5 Å². The molecule has 1 aromatic carbocycles. The molecule has 3 N–H and O–H groups in total. The predicted molar refractivity (Wildman–Crippen MR) is 115 cm³/mol. The van der Waals surface area contributed by atoms with E-state index in [-0.39, 0.29) is 18.0 Å². The van der Waals surface area contributed by atoms with Gasteiger partial charge in [-0.05, 0) is 32.4 Å². The lowest BCUT2D eigenvalue weighted by Crippen LogP contribution is -2.54. The van der Waals surface area contributed by atoms with Crippen molar-refractivity contribution < 1.29 is 14.3 Å². The molecule has 2 aliphatic heterocycles. The summed E-state index contributed by atoms with van der Waals surface area (Å²) in [4.78, 5) is 37.3. The van der Waals surface area contributed by atoms with Crippen LogP contribution in [0.5, 0.6) is 5.75 Å². The molecule has 0 aliphatic carbocycles. The molecule has 1 aromatic heterocycles. The SMILES string of the molecule is CC[C@H]1C(=O)N(C)c2cnc(Nc3ccc(C(N)=O)c4c3OCC4)nc2N1C(C)C. The van der Waals surface area contributed by atoms with Gasteiger partial charge in [-0.25, -0.2) is 4.98 Å². The minimum Gasteiger partial charge on any atom is -0.491 e. The van der Waals surface area contributed by atoms with E-state index in [1.807, 2.05) is 25.7 Å². The predicted octanol–water partition coefficient (Wildman–Crippen LogP) is 2.22. The molecule has 2 aliphatic rings. The van der Waals surface area contributed by atoms with Crippen LogP contribution >= 0.6 is 0 Å². The second-order valence-electron chi connectivity index (χ2n) is 7.78. The molecule has 0 unspecified atom stereocenters. The quantitative estimate of drug-likeness (QED) is 0.777. The summed E-state index contributed by atoms with van der Waals surface area (Å²) in [5.74, 6) is 1.27. The number of carbonyl (C=O) groups is 2. The number of hydrogen-bond donors (Lipinski definition) is 2. The van der Waals surface area contributed by atoms with E-state index in [9.17, 15) is 9.59 Å². The number of carbonyl (C=O) groups excluding carboxylic acids is 2. The molecular weight excluding hydrogens is 384 g/mol. The number of primary amides is 1. The highest BCUT2D eigenvalue weighted by Gasteiger charge is 2.38. The minimum absolute atomic E-state index is 0.0382. The molecule has 4 rings (SSSR count). The Kier molecular flexibility index (Phi) is 4.97. The van der Waals surface area contributed by atoms with Crippen LogP contribution in [0.4, 0.5) is 23.1 Å². The lowest BCUT2D eigenvalue weighted by Gasteiger charge is -2.42. The van der Waals surface area contributed by atoms with E-state index in [2.05, 4.69) is 10.3 Å². The van der Waals surface area contributed by atoms with Gasteiger partial charge in [-0.1, -0.05) is 6.92 Å². The number of benzene rings is 1. The van der Waals surface area contributed by atoms with Gasteiger partial charge in [0, 0.05) is 30.6 Å². The van der Waals surface area contributed by atoms with E-state index in [4.69, 9.17) is 15.5 Å². The standard InChI is InChI=1S/C21H26N6O3/c1-5-15-20(29)26(4)16-10-23-21(25-19(16)27(15)11(2)3)24-14-7-6-13(18(22)28)12-8-9-30-17(12)14/h6-7,10-11,15H,5,8-9H2,1-4H3,(H2,22,28)(H,23,24,25)/t15-/m0/s1. The fourth-order valence-corrected chi connectivity index (χ4v) is 4.18. The summed E-state index contributed by atoms with van der Waals surface area (Å²) in [6.45, 7) is 6.58. The Morgan fingerprint density at radius 2 is 2.17 bits per heavy atom. The molecule has 0 fully saturated rings. The van der Waals surface area contributed by atoms with Gasteiger partial charge in [-0.15, -0.1) is 0 Å². The zero-order valence-corrected chi connectivity index (χ0v) is 17.6. The lowest BCUT2D eigenvalue weighted by atomic mass is 10.0. The van der Waals surface area contributed by atoms with Gasteiger partial charge in [0.15, 0.2) is 5.82 Å². The third kappa shape index (κ3) is 3.10. The molecule has 9 nitrogen and oxygen atoms in total. The van der Waals surface area contributed by atoms with Crippen LogP contribution in [-0.2, 0) is 11.2 Å². The van der Waals surface area contributed by atoms with Crippen molar-refractivity contribution in [2.24, 2.45) is 5.73 Å². The molecule has 2 amide bonds. The molecule has 0 bridgehead atoms. The molecule has 0 saturated heterocycles. The Balaban J connectivity index is 1.74. The fraction of sp³-hybridized carbons (Fsp3) is 0.429. The third-order valence-corrected chi connectivity index (χ3v) is 5.62. The molecule has 3 heterocycles. The van der Waals surface area contributed by atoms with Crippen LogP contribution in [0.2, 0.25) is 0 Å². The summed E-state index contributed by atoms with van der Waals surface area (Å²) in [5, 5.41) is 3.21. The molecule has 0 radical (unpaired) electrons. The van der Waals surface area contributed by atoms with Crippen molar-refractivity contribution in [3.8, 4) is 5.75 Å². The van der Waals surface area contributed by atoms with Crippen LogP contribution in [0.25, 0.3) is 0 Å². The first-order valence-electron chi connectivity index (χ1n) is 10.1. The van der Waals surface area contributed by atoms with Gasteiger partial charge >= 0.3 is 0 Å². The topological polar surface area (TPSA) is 114 Å². The van der Waals surface area contributed by atoms with Gasteiger partial charge in [0.05, 0.1) is 18.5 Å². The van der Waals surface area contributed by atoms with E-state index >= 15 is 0 Å². The molecule has 1 atom stereocenters. The maximum Gasteiger partial charge on any atom is 0.249 e. The summed E-state index contributed by atoms with van der Waals surface area (Å²) in [6.07, 6.45) is 2.96. The highest BCUT2D eigenvalue weighted by Crippen LogP contribution is 2.39. The fourth-order valence-electron chi connectivity index (χ4n) is 4.18. The van der Waals surface area contributed by atoms with Crippen LogP contribution in [0, 0.1) is 0 Å². The third-order valence-electron chi connectivity index (χ3n) is 5.62. The maximum atomic E-state index is 12.8. The smallest absolute Gasteiger partial charge is 0.249 e. The monoisotopic (exact) mass is 410 g/mol. The summed E-state index contributed by atoms with van der Waals surface area (Å²) in [5.41, 5.74) is 8.10. The average Bonchev–Trinajstić information content (AvgIpc) is 3.20. The Morgan fingerprint density at radius 1 is 1.40 bits per heavy atom. The van der Waals surface area contributed by atoms with E-state index in [0.29, 0.717) is 53.9 Å². The summed E-state index contributed by atoms with van der Waals surface area (Å²) in [7, 11) is 1.75. The molecule has 9 heteroatoms. The highest BCUT2D eigenvalue weighted by atomic mass is 16.5. The van der Waals surface area contributed by atoms with Gasteiger partial charge in [0.25, 0.3) is 0 Å². The molecule has 0 spiro atoms. The van der Waals surface area contributed by atoms with Crippen LogP contribution in [0.3, 0.4) is 0 Å². The van der Waals surface area contributed by atoms with Crippen LogP contribution in [0.1, 0.15) is 43.1 Å². The number of nitrogens with two attached hydrogens (primary N) is 1. The second kappa shape index (κ2) is 7.47. The Morgan fingerprint density at radius 3 is 2.83 bits per heavy atom. The second-order valence-corrected chi connectivity index (χ2v) is 7.78. The molecule has 158 valence electrons. The van der Waals surface area contributed by atoms with Crippen molar-refractivity contribution in [2.75, 3.05) is 28.8 Å². The van der Waals surface area contributed by atoms with E-state index in [1.54, 1.807) is 30.3 Å². The number of hydrogen-bond acceptors (Lipinski definition) is 7. The number of nitrogens with one attached hydrogen (secondary N) is 1. The number of rotatable bonds is 5. The van der Waals surface area contributed by atoms with E-state index in [1.165, 1.54) is 0 Å². The Bertz CT molecular complexity index is 1020. The van der Waals surface area contributed by atoms with E-state index < -0.39 is 5.91 Å². The van der Waals surface area contributed by atoms with Gasteiger partial charge in [0.2, 0.25) is 17.8 Å². The van der Waals surface area contributed by atoms with Crippen LogP contribution in [0.15, 0.2) is 18.3 Å². The average molecular weight is 410 g/mol. The van der Waals surface area contributed by atoms with Gasteiger partial charge in [-0.3, -0.25) is 9.59 Å². The zero-order valence-electron chi connectivity index (χ0n) is 17.6. The van der Waals surface area contributed by atoms with Crippen molar-refractivity contribution in [3.05, 3.63) is 29.5 Å². The minimum atomic E-state index is -0.473. The molecule has 2 aromatic rings. The molecule has 0 saturated carbocycles. The van der Waals surface area contributed by atoms with Gasteiger partial charge < -0.3 is 25.6 Å².